The molecular weight excluding hydrogens is 227 g/mol. The van der Waals surface area contributed by atoms with Crippen LogP contribution in [0.15, 0.2) is 11.6 Å². The van der Waals surface area contributed by atoms with Gasteiger partial charge in [0, 0.05) is 7.05 Å². The van der Waals surface area contributed by atoms with E-state index in [0.717, 1.165) is 0 Å². The van der Waals surface area contributed by atoms with E-state index in [1.54, 1.807) is 0 Å². The van der Waals surface area contributed by atoms with Crippen LogP contribution in [0.2, 0.25) is 0 Å². The summed E-state index contributed by atoms with van der Waals surface area (Å²) >= 11 is 0. The van der Waals surface area contributed by atoms with Crippen LogP contribution in [0, 0.1) is 0 Å². The summed E-state index contributed by atoms with van der Waals surface area (Å²) in [5, 5.41) is -1.44. The molecule has 0 aromatic heterocycles. The zero-order valence-electron chi connectivity index (χ0n) is 6.83. The average molecular weight is 232 g/mol. The molecule has 0 heterocycles. The lowest BCUT2D eigenvalue weighted by Gasteiger charge is -2.22. The number of alkyl halides is 3. The van der Waals surface area contributed by atoms with Gasteiger partial charge in [-0.15, -0.1) is 0 Å². The van der Waals surface area contributed by atoms with Gasteiger partial charge in [0.2, 0.25) is 0 Å². The van der Waals surface area contributed by atoms with Crippen molar-refractivity contribution in [1.29, 1.82) is 0 Å². The molecule has 9 heteroatoms. The summed E-state index contributed by atoms with van der Waals surface area (Å²) in [5.74, 6) is -2.47. The Labute approximate surface area is 77.6 Å². The molecule has 0 unspecified atom stereocenters. The third-order valence-electron chi connectivity index (χ3n) is 1.21. The molecule has 0 atom stereocenters. The first kappa shape index (κ1) is 12.9. The molecule has 0 aliphatic carbocycles. The topological polar surface area (TPSA) is 77.5 Å². The molecule has 0 saturated heterocycles. The highest BCUT2D eigenvalue weighted by Gasteiger charge is 2.42. The second-order valence-corrected chi connectivity index (χ2v) is 3.59. The first-order chi connectivity index (χ1) is 5.98. The Bertz CT molecular complexity index is 358. The summed E-state index contributed by atoms with van der Waals surface area (Å²) in [7, 11) is -4.65. The van der Waals surface area contributed by atoms with Gasteiger partial charge in [-0.25, -0.2) is 8.42 Å². The smallest absolute Gasteiger partial charge is 0.471 e. The maximum absolute atomic E-state index is 11.7. The highest BCUT2D eigenvalue weighted by Crippen LogP contribution is 2.20. The van der Waals surface area contributed by atoms with E-state index in [9.17, 15) is 30.9 Å². The molecule has 82 valence electrons. The number of hydrogen-bond acceptors (Lipinski definition) is 4. The van der Waals surface area contributed by atoms with E-state index in [1.807, 2.05) is 0 Å². The summed E-state index contributed by atoms with van der Waals surface area (Å²) in [5.41, 5.74) is 0. The van der Waals surface area contributed by atoms with Crippen LogP contribution < -0.4 is 0 Å². The fourth-order valence-corrected chi connectivity index (χ4v) is 0.889. The Morgan fingerprint density at radius 1 is 1.43 bits per heavy atom. The van der Waals surface area contributed by atoms with Crippen molar-refractivity contribution in [1.82, 2.24) is 4.90 Å². The Hall–Kier alpha value is -1.09. The first-order valence-corrected chi connectivity index (χ1v) is 4.38. The first-order valence-electron chi connectivity index (χ1n) is 2.97. The van der Waals surface area contributed by atoms with Crippen LogP contribution in [0.25, 0.3) is 0 Å². The van der Waals surface area contributed by atoms with E-state index in [0.29, 0.717) is 7.05 Å². The summed E-state index contributed by atoms with van der Waals surface area (Å²) in [6.07, 6.45) is -5.25. The van der Waals surface area contributed by atoms with Gasteiger partial charge in [-0.05, 0) is 0 Å². The lowest BCUT2D eigenvalue weighted by Crippen LogP contribution is -2.39. The lowest BCUT2D eigenvalue weighted by atomic mass is 10.5. The second-order valence-electron chi connectivity index (χ2n) is 2.21. The normalized spacial score (nSPS) is 12.4. The number of nitrogens with zero attached hydrogens (tertiary/aromatic N) is 1. The summed E-state index contributed by atoms with van der Waals surface area (Å²) in [4.78, 5) is 10.0. The van der Waals surface area contributed by atoms with Crippen LogP contribution in [0.3, 0.4) is 0 Å². The van der Waals surface area contributed by atoms with Crippen molar-refractivity contribution in [3.05, 3.63) is 11.6 Å². The van der Waals surface area contributed by atoms with E-state index in [-0.39, 0.29) is 4.90 Å². The molecule has 0 aliphatic heterocycles. The van der Waals surface area contributed by atoms with Crippen molar-refractivity contribution in [3.8, 4) is 0 Å². The van der Waals surface area contributed by atoms with Crippen LogP contribution in [0.4, 0.5) is 13.2 Å². The number of rotatable bonds is 2. The second kappa shape index (κ2) is 3.58. The Morgan fingerprint density at radius 2 is 1.79 bits per heavy atom. The highest BCUT2D eigenvalue weighted by atomic mass is 32.2. The van der Waals surface area contributed by atoms with E-state index < -0.39 is 27.2 Å². The average Bonchev–Trinajstić information content (AvgIpc) is 1.97. The van der Waals surface area contributed by atoms with Crippen molar-refractivity contribution < 1.29 is 30.9 Å². The van der Waals surface area contributed by atoms with E-state index in [1.165, 1.54) is 0 Å². The monoisotopic (exact) mass is 232 g/mol. The van der Waals surface area contributed by atoms with Crippen LogP contribution in [0.5, 0.6) is 0 Å². The van der Waals surface area contributed by atoms with Gasteiger partial charge in [-0.3, -0.25) is 9.69 Å². The third-order valence-corrected chi connectivity index (χ3v) is 2.06. The van der Waals surface area contributed by atoms with Crippen molar-refractivity contribution in [3.63, 3.8) is 0 Å². The lowest BCUT2D eigenvalue weighted by molar-refractivity contribution is -0.181. The van der Waals surface area contributed by atoms with Gasteiger partial charge in [-0.2, -0.15) is 13.2 Å². The number of halogens is 3. The maximum Gasteiger partial charge on any atom is 0.471 e. The highest BCUT2D eigenvalue weighted by molar-refractivity contribution is 7.89. The Balaban J connectivity index is 4.93. The van der Waals surface area contributed by atoms with E-state index in [2.05, 4.69) is 6.58 Å². The van der Waals surface area contributed by atoms with Gasteiger partial charge in [-0.1, -0.05) is 6.58 Å². The molecule has 1 amide bonds. The molecule has 0 aromatic rings. The van der Waals surface area contributed by atoms with Crippen molar-refractivity contribution >= 4 is 16.0 Å². The van der Waals surface area contributed by atoms with Gasteiger partial charge in [0.05, 0.1) is 0 Å². The van der Waals surface area contributed by atoms with Gasteiger partial charge < -0.3 is 4.55 Å². The quantitative estimate of drug-likeness (QED) is 0.629. The molecule has 0 rings (SSSR count). The summed E-state index contributed by atoms with van der Waals surface area (Å²) < 4.78 is 65.7. The molecule has 0 aromatic carbocycles. The summed E-state index contributed by atoms with van der Waals surface area (Å²) in [6, 6.07) is 0. The maximum atomic E-state index is 11.7. The van der Waals surface area contributed by atoms with Crippen molar-refractivity contribution in [2.75, 3.05) is 7.05 Å². The largest absolute Gasteiger partial charge is 0.743 e. The van der Waals surface area contributed by atoms with Crippen LogP contribution in [-0.4, -0.2) is 37.0 Å². The molecular formula is C5H5F3NO4S-. The van der Waals surface area contributed by atoms with Gasteiger partial charge in [0.25, 0.3) is 0 Å². The van der Waals surface area contributed by atoms with Crippen LogP contribution in [0.1, 0.15) is 0 Å². The SMILES string of the molecule is C=C(N(C)C(=O)C(F)(F)F)S(=O)(=O)[O-]. The standard InChI is InChI=1S/C5H6F3NO4S/c1-3(14(11,12)13)9(2)4(10)5(6,7)8/h1H2,2H3,(H,11,12,13)/p-1. The van der Waals surface area contributed by atoms with Crippen molar-refractivity contribution in [2.24, 2.45) is 0 Å². The minimum absolute atomic E-state index is 0.359. The molecule has 0 radical (unpaired) electrons. The van der Waals surface area contributed by atoms with Gasteiger partial charge >= 0.3 is 12.1 Å². The zero-order chi connectivity index (χ0) is 11.7. The van der Waals surface area contributed by atoms with E-state index in [4.69, 9.17) is 0 Å². The molecule has 0 saturated carbocycles. The minimum Gasteiger partial charge on any atom is -0.743 e. The minimum atomic E-state index is -5.25. The number of carbonyl (C=O) groups is 1. The fourth-order valence-electron chi connectivity index (χ4n) is 0.471. The van der Waals surface area contributed by atoms with Gasteiger partial charge in [0.15, 0.2) is 0 Å². The molecule has 0 N–H and O–H groups in total. The third kappa shape index (κ3) is 3.00. The Morgan fingerprint density at radius 3 is 2.00 bits per heavy atom. The van der Waals surface area contributed by atoms with Crippen LogP contribution >= 0.6 is 0 Å². The van der Waals surface area contributed by atoms with Gasteiger partial charge in [0.1, 0.15) is 15.1 Å². The fraction of sp³-hybridized carbons (Fsp3) is 0.400. The molecule has 0 aliphatic rings. The number of carbonyl (C=O) groups excluding carboxylic acids is 1. The molecule has 5 nitrogen and oxygen atoms in total. The number of hydrogen-bond donors (Lipinski definition) is 0. The Kier molecular flexibility index (Phi) is 3.30. The number of amides is 1. The molecule has 0 fully saturated rings. The summed E-state index contributed by atoms with van der Waals surface area (Å²) in [6.45, 7) is 2.57. The van der Waals surface area contributed by atoms with E-state index >= 15 is 0 Å². The molecule has 0 bridgehead atoms. The molecule has 14 heavy (non-hydrogen) atoms. The molecule has 0 spiro atoms. The predicted molar refractivity (Wildman–Crippen MR) is 37.7 cm³/mol. The zero-order valence-corrected chi connectivity index (χ0v) is 7.65. The predicted octanol–water partition coefficient (Wildman–Crippen LogP) is 0.0235. The van der Waals surface area contributed by atoms with Crippen LogP contribution in [-0.2, 0) is 14.9 Å². The van der Waals surface area contributed by atoms with Crippen molar-refractivity contribution in [2.45, 2.75) is 6.18 Å².